The molecule has 2 rings (SSSR count). The van der Waals surface area contributed by atoms with Crippen molar-refractivity contribution in [3.05, 3.63) is 5.89 Å². The maximum Gasteiger partial charge on any atom is 0.317 e. The molecule has 0 bridgehead atoms. The molecule has 0 aliphatic carbocycles. The Balaban J connectivity index is 1.77. The summed E-state index contributed by atoms with van der Waals surface area (Å²) in [6.45, 7) is 6.17. The molecule has 7 nitrogen and oxygen atoms in total. The molecule has 2 N–H and O–H groups in total. The van der Waals surface area contributed by atoms with E-state index in [2.05, 4.69) is 27.8 Å². The van der Waals surface area contributed by atoms with Crippen LogP contribution in [0.3, 0.4) is 0 Å². The number of anilines is 1. The van der Waals surface area contributed by atoms with E-state index >= 15 is 0 Å². The van der Waals surface area contributed by atoms with E-state index < -0.39 is 0 Å². The lowest BCUT2D eigenvalue weighted by Gasteiger charge is -2.31. The van der Waals surface area contributed by atoms with Gasteiger partial charge in [0.15, 0.2) is 0 Å². The van der Waals surface area contributed by atoms with Gasteiger partial charge < -0.3 is 20.0 Å². The predicted octanol–water partition coefficient (Wildman–Crippen LogP) is 1.63. The fraction of sp³-hybridized carbons (Fsp3) is 0.769. The summed E-state index contributed by atoms with van der Waals surface area (Å²) < 4.78 is 5.51. The summed E-state index contributed by atoms with van der Waals surface area (Å²) in [5, 5.41) is 14.1. The minimum absolute atomic E-state index is 0.0222. The molecule has 0 radical (unpaired) electrons. The number of nitrogens with zero attached hydrogens (tertiary/aromatic N) is 3. The van der Waals surface area contributed by atoms with Crippen LogP contribution in [0.1, 0.15) is 39.0 Å². The summed E-state index contributed by atoms with van der Waals surface area (Å²) >= 11 is 0. The Hall–Kier alpha value is -1.79. The lowest BCUT2D eigenvalue weighted by atomic mass is 10.1. The van der Waals surface area contributed by atoms with Crippen molar-refractivity contribution in [3.63, 3.8) is 0 Å². The smallest absolute Gasteiger partial charge is 0.317 e. The highest BCUT2D eigenvalue weighted by Gasteiger charge is 2.23. The molecule has 2 amide bonds. The number of piperidine rings is 1. The molecule has 20 heavy (non-hydrogen) atoms. The van der Waals surface area contributed by atoms with Crippen molar-refractivity contribution >= 4 is 12.0 Å². The van der Waals surface area contributed by atoms with Crippen LogP contribution in [-0.2, 0) is 6.42 Å². The number of carbonyl (C=O) groups is 1. The summed E-state index contributed by atoms with van der Waals surface area (Å²) in [6.07, 6.45) is 3.59. The lowest BCUT2D eigenvalue weighted by Crippen LogP contribution is -2.46. The van der Waals surface area contributed by atoms with Gasteiger partial charge in [-0.2, -0.15) is 0 Å². The Morgan fingerprint density at radius 1 is 1.35 bits per heavy atom. The zero-order chi connectivity index (χ0) is 14.4. The van der Waals surface area contributed by atoms with Crippen LogP contribution in [0.4, 0.5) is 10.8 Å². The number of nitrogens with one attached hydrogen (secondary N) is 2. The number of likely N-dealkylation sites (tertiary alicyclic amines) is 1. The summed E-state index contributed by atoms with van der Waals surface area (Å²) in [4.78, 5) is 13.5. The van der Waals surface area contributed by atoms with Gasteiger partial charge in [0.25, 0.3) is 0 Å². The van der Waals surface area contributed by atoms with Gasteiger partial charge in [-0.3, -0.25) is 0 Å². The topological polar surface area (TPSA) is 83.3 Å². The average molecular weight is 281 g/mol. The highest BCUT2D eigenvalue weighted by molar-refractivity contribution is 5.74. The molecule has 1 saturated heterocycles. The minimum Gasteiger partial charge on any atom is -0.408 e. The molecule has 0 unspecified atom stereocenters. The van der Waals surface area contributed by atoms with E-state index in [0.717, 1.165) is 38.8 Å². The number of aromatic nitrogens is 2. The second-order valence-corrected chi connectivity index (χ2v) is 4.99. The molecule has 2 heterocycles. The second-order valence-electron chi connectivity index (χ2n) is 4.99. The van der Waals surface area contributed by atoms with E-state index in [4.69, 9.17) is 4.42 Å². The SMILES string of the molecule is CCCc1nnc(NC2CCN(C(=O)NCC)CC2)o1. The molecule has 1 aliphatic rings. The maximum atomic E-state index is 11.7. The standard InChI is InChI=1S/C13H23N5O2/c1-3-5-11-16-17-12(20-11)15-10-6-8-18(9-7-10)13(19)14-4-2/h10H,3-9H2,1-2H3,(H,14,19)(H,15,17). The Labute approximate surface area is 119 Å². The summed E-state index contributed by atoms with van der Waals surface area (Å²) in [7, 11) is 0. The molecule has 1 aliphatic heterocycles. The van der Waals surface area contributed by atoms with E-state index in [1.54, 1.807) is 0 Å². The van der Waals surface area contributed by atoms with Gasteiger partial charge in [-0.05, 0) is 26.2 Å². The second kappa shape index (κ2) is 7.12. The van der Waals surface area contributed by atoms with Crippen molar-refractivity contribution < 1.29 is 9.21 Å². The quantitative estimate of drug-likeness (QED) is 0.857. The lowest BCUT2D eigenvalue weighted by molar-refractivity contribution is 0.184. The number of carbonyl (C=O) groups excluding carboxylic acids is 1. The van der Waals surface area contributed by atoms with Gasteiger partial charge in [-0.25, -0.2) is 4.79 Å². The molecule has 0 atom stereocenters. The molecular weight excluding hydrogens is 258 g/mol. The molecule has 1 aromatic heterocycles. The van der Waals surface area contributed by atoms with Gasteiger partial charge in [0.1, 0.15) is 0 Å². The van der Waals surface area contributed by atoms with Crippen LogP contribution in [0.5, 0.6) is 0 Å². The number of rotatable bonds is 5. The molecule has 0 aromatic carbocycles. The van der Waals surface area contributed by atoms with E-state index in [9.17, 15) is 4.79 Å². The normalized spacial score (nSPS) is 16.2. The number of urea groups is 1. The molecule has 1 fully saturated rings. The van der Waals surface area contributed by atoms with E-state index in [1.807, 2.05) is 11.8 Å². The van der Waals surface area contributed by atoms with Crippen molar-refractivity contribution in [1.29, 1.82) is 0 Å². The van der Waals surface area contributed by atoms with Crippen LogP contribution in [0.25, 0.3) is 0 Å². The van der Waals surface area contributed by atoms with Crippen LogP contribution in [0, 0.1) is 0 Å². The maximum absolute atomic E-state index is 11.7. The van der Waals surface area contributed by atoms with Gasteiger partial charge in [-0.1, -0.05) is 12.0 Å². The van der Waals surface area contributed by atoms with Crippen molar-refractivity contribution in [2.75, 3.05) is 25.0 Å². The van der Waals surface area contributed by atoms with Crippen LogP contribution in [-0.4, -0.2) is 46.8 Å². The fourth-order valence-corrected chi connectivity index (χ4v) is 2.29. The monoisotopic (exact) mass is 281 g/mol. The molecule has 7 heteroatoms. The third-order valence-corrected chi connectivity index (χ3v) is 3.37. The van der Waals surface area contributed by atoms with Crippen molar-refractivity contribution in [2.45, 2.75) is 45.6 Å². The fourth-order valence-electron chi connectivity index (χ4n) is 2.29. The van der Waals surface area contributed by atoms with E-state index in [0.29, 0.717) is 18.5 Å². The average Bonchev–Trinajstić information content (AvgIpc) is 2.88. The molecule has 1 aromatic rings. The molecular formula is C13H23N5O2. The Morgan fingerprint density at radius 3 is 2.75 bits per heavy atom. The Bertz CT molecular complexity index is 426. The van der Waals surface area contributed by atoms with Gasteiger partial charge in [0, 0.05) is 32.1 Å². The third-order valence-electron chi connectivity index (χ3n) is 3.37. The third kappa shape index (κ3) is 3.85. The number of aryl methyl sites for hydroxylation is 1. The summed E-state index contributed by atoms with van der Waals surface area (Å²) in [5.74, 6) is 0.676. The molecule has 112 valence electrons. The number of amides is 2. The highest BCUT2D eigenvalue weighted by atomic mass is 16.4. The Kier molecular flexibility index (Phi) is 5.20. The van der Waals surface area contributed by atoms with Crippen molar-refractivity contribution in [2.24, 2.45) is 0 Å². The molecule has 0 saturated carbocycles. The van der Waals surface area contributed by atoms with Crippen LogP contribution >= 0.6 is 0 Å². The van der Waals surface area contributed by atoms with Crippen LogP contribution < -0.4 is 10.6 Å². The van der Waals surface area contributed by atoms with Gasteiger partial charge >= 0.3 is 12.0 Å². The van der Waals surface area contributed by atoms with Crippen LogP contribution in [0.15, 0.2) is 4.42 Å². The van der Waals surface area contributed by atoms with Crippen LogP contribution in [0.2, 0.25) is 0 Å². The number of hydrogen-bond acceptors (Lipinski definition) is 5. The summed E-state index contributed by atoms with van der Waals surface area (Å²) in [5.41, 5.74) is 0. The van der Waals surface area contributed by atoms with Crippen molar-refractivity contribution in [1.82, 2.24) is 20.4 Å². The molecule has 0 spiro atoms. The van der Waals surface area contributed by atoms with Gasteiger partial charge in [-0.15, -0.1) is 5.10 Å². The largest absolute Gasteiger partial charge is 0.408 e. The minimum atomic E-state index is 0.0222. The van der Waals surface area contributed by atoms with Gasteiger partial charge in [0.2, 0.25) is 5.89 Å². The van der Waals surface area contributed by atoms with E-state index in [1.165, 1.54) is 0 Å². The van der Waals surface area contributed by atoms with E-state index in [-0.39, 0.29) is 12.1 Å². The predicted molar refractivity (Wildman–Crippen MR) is 75.6 cm³/mol. The first-order chi connectivity index (χ1) is 9.72. The number of hydrogen-bond donors (Lipinski definition) is 2. The zero-order valence-electron chi connectivity index (χ0n) is 12.2. The summed E-state index contributed by atoms with van der Waals surface area (Å²) in [6, 6.07) is 0.800. The zero-order valence-corrected chi connectivity index (χ0v) is 12.2. The van der Waals surface area contributed by atoms with Gasteiger partial charge in [0.05, 0.1) is 0 Å². The first kappa shape index (κ1) is 14.6. The first-order valence-corrected chi connectivity index (χ1v) is 7.34. The Morgan fingerprint density at radius 2 is 2.10 bits per heavy atom. The highest BCUT2D eigenvalue weighted by Crippen LogP contribution is 2.16. The van der Waals surface area contributed by atoms with Crippen molar-refractivity contribution in [3.8, 4) is 0 Å². The first-order valence-electron chi connectivity index (χ1n) is 7.34.